The Morgan fingerprint density at radius 1 is 1.14 bits per heavy atom. The largest absolute Gasteiger partial charge is 0.324 e. The second-order valence-electron chi connectivity index (χ2n) is 4.77. The summed E-state index contributed by atoms with van der Waals surface area (Å²) in [4.78, 5) is 1.51. The molecule has 2 aromatic carbocycles. The first-order chi connectivity index (χ1) is 10.1. The molecule has 0 fully saturated rings. The van der Waals surface area contributed by atoms with Gasteiger partial charge < -0.3 is 5.73 Å². The number of rotatable bonds is 3. The minimum atomic E-state index is -0.0149. The fourth-order valence-electron chi connectivity index (χ4n) is 1.99. The number of hydrogen-bond donors (Lipinski definition) is 1. The molecule has 0 saturated carbocycles. The highest BCUT2D eigenvalue weighted by Crippen LogP contribution is 2.24. The molecular formula is C15H14BrN5. The zero-order chi connectivity index (χ0) is 14.8. The van der Waals surface area contributed by atoms with Gasteiger partial charge in [-0.05, 0) is 45.8 Å². The lowest BCUT2D eigenvalue weighted by Gasteiger charge is -2.08. The van der Waals surface area contributed by atoms with Gasteiger partial charge in [-0.3, -0.25) is 0 Å². The third-order valence-corrected chi connectivity index (χ3v) is 3.79. The van der Waals surface area contributed by atoms with Crippen molar-refractivity contribution in [2.75, 3.05) is 0 Å². The Balaban J connectivity index is 1.97. The fourth-order valence-corrected chi connectivity index (χ4v) is 2.54. The van der Waals surface area contributed by atoms with Crippen LogP contribution in [0.3, 0.4) is 0 Å². The van der Waals surface area contributed by atoms with Gasteiger partial charge in [-0.2, -0.15) is 0 Å². The molecule has 3 rings (SSSR count). The quantitative estimate of drug-likeness (QED) is 0.793. The van der Waals surface area contributed by atoms with Crippen molar-refractivity contribution in [3.8, 4) is 17.1 Å². The molecule has 0 unspecified atom stereocenters. The summed E-state index contributed by atoms with van der Waals surface area (Å²) in [6.07, 6.45) is 0. The van der Waals surface area contributed by atoms with Gasteiger partial charge in [-0.1, -0.05) is 36.4 Å². The van der Waals surface area contributed by atoms with Crippen LogP contribution in [0.5, 0.6) is 0 Å². The van der Waals surface area contributed by atoms with Crippen molar-refractivity contribution in [2.24, 2.45) is 5.73 Å². The first-order valence-electron chi connectivity index (χ1n) is 6.56. The van der Waals surface area contributed by atoms with E-state index in [9.17, 15) is 0 Å². The zero-order valence-electron chi connectivity index (χ0n) is 11.4. The van der Waals surface area contributed by atoms with Gasteiger partial charge in [-0.25, -0.2) is 0 Å². The molecule has 21 heavy (non-hydrogen) atoms. The highest BCUT2D eigenvalue weighted by Gasteiger charge is 2.11. The van der Waals surface area contributed by atoms with Crippen molar-refractivity contribution in [1.29, 1.82) is 0 Å². The molecular weight excluding hydrogens is 330 g/mol. The van der Waals surface area contributed by atoms with Gasteiger partial charge in [0.25, 0.3) is 0 Å². The number of hydrogen-bond acceptors (Lipinski definition) is 4. The molecule has 0 aliphatic carbocycles. The van der Waals surface area contributed by atoms with Crippen molar-refractivity contribution in [3.05, 3.63) is 58.6 Å². The molecule has 6 heteroatoms. The maximum atomic E-state index is 5.88. The summed E-state index contributed by atoms with van der Waals surface area (Å²) in [5.41, 5.74) is 8.70. The predicted molar refractivity (Wildman–Crippen MR) is 84.9 cm³/mol. The molecule has 1 heterocycles. The summed E-state index contributed by atoms with van der Waals surface area (Å²) >= 11 is 3.53. The second-order valence-corrected chi connectivity index (χ2v) is 5.62. The van der Waals surface area contributed by atoms with Crippen LogP contribution in [0.15, 0.2) is 53.0 Å². The third kappa shape index (κ3) is 2.86. The van der Waals surface area contributed by atoms with Crippen LogP contribution in [-0.2, 0) is 0 Å². The molecule has 3 aromatic rings. The Bertz CT molecular complexity index is 752. The van der Waals surface area contributed by atoms with E-state index in [2.05, 4.69) is 31.3 Å². The Morgan fingerprint density at radius 3 is 2.57 bits per heavy atom. The lowest BCUT2D eigenvalue weighted by molar-refractivity contribution is 0.715. The summed E-state index contributed by atoms with van der Waals surface area (Å²) in [6.45, 7) is 1.95. The van der Waals surface area contributed by atoms with E-state index in [0.717, 1.165) is 21.3 Å². The molecule has 2 N–H and O–H groups in total. The van der Waals surface area contributed by atoms with Crippen LogP contribution in [0.1, 0.15) is 18.5 Å². The Kier molecular flexibility index (Phi) is 3.81. The number of tetrazole rings is 1. The highest BCUT2D eigenvalue weighted by atomic mass is 79.9. The Labute approximate surface area is 130 Å². The van der Waals surface area contributed by atoms with Crippen molar-refractivity contribution in [1.82, 2.24) is 20.2 Å². The molecule has 0 radical (unpaired) electrons. The van der Waals surface area contributed by atoms with Crippen molar-refractivity contribution in [2.45, 2.75) is 13.0 Å². The van der Waals surface area contributed by atoms with Gasteiger partial charge in [0.05, 0.1) is 0 Å². The van der Waals surface area contributed by atoms with Gasteiger partial charge in [0.2, 0.25) is 5.82 Å². The molecule has 0 aliphatic heterocycles. The molecule has 0 spiro atoms. The summed E-state index contributed by atoms with van der Waals surface area (Å²) in [5.74, 6) is 0.596. The van der Waals surface area contributed by atoms with Crippen LogP contribution in [0.2, 0.25) is 0 Å². The van der Waals surface area contributed by atoms with E-state index in [0.29, 0.717) is 5.82 Å². The smallest absolute Gasteiger partial charge is 0.205 e. The van der Waals surface area contributed by atoms with Gasteiger partial charge >= 0.3 is 0 Å². The molecule has 0 saturated heterocycles. The van der Waals surface area contributed by atoms with Gasteiger partial charge in [0, 0.05) is 16.1 Å². The number of aromatic nitrogens is 4. The minimum Gasteiger partial charge on any atom is -0.324 e. The molecule has 0 bridgehead atoms. The molecule has 0 amide bonds. The average molecular weight is 344 g/mol. The first kappa shape index (κ1) is 13.9. The number of nitrogens with zero attached hydrogens (tertiary/aromatic N) is 4. The van der Waals surface area contributed by atoms with Crippen LogP contribution in [-0.4, -0.2) is 20.2 Å². The molecule has 1 aromatic heterocycles. The van der Waals surface area contributed by atoms with Crippen molar-refractivity contribution < 1.29 is 0 Å². The predicted octanol–water partition coefficient (Wildman–Crippen LogP) is 3.11. The van der Waals surface area contributed by atoms with E-state index in [1.54, 1.807) is 0 Å². The number of halogens is 1. The second kappa shape index (κ2) is 5.75. The van der Waals surface area contributed by atoms with Crippen molar-refractivity contribution >= 4 is 15.9 Å². The third-order valence-electron chi connectivity index (χ3n) is 3.16. The van der Waals surface area contributed by atoms with Gasteiger partial charge in [0.15, 0.2) is 0 Å². The lowest BCUT2D eigenvalue weighted by atomic mass is 10.1. The first-order valence-corrected chi connectivity index (χ1v) is 7.35. The molecule has 1 atom stereocenters. The van der Waals surface area contributed by atoms with Crippen LogP contribution in [0, 0.1) is 0 Å². The topological polar surface area (TPSA) is 69.6 Å². The maximum Gasteiger partial charge on any atom is 0.205 e. The molecule has 106 valence electrons. The molecule has 0 aliphatic rings. The average Bonchev–Trinajstić information content (AvgIpc) is 2.97. The molecule has 5 nitrogen and oxygen atoms in total. The number of nitrogens with two attached hydrogens (primary N) is 1. The highest BCUT2D eigenvalue weighted by molar-refractivity contribution is 9.10. The summed E-state index contributed by atoms with van der Waals surface area (Å²) in [5, 5.41) is 12.6. The number of benzene rings is 2. The van der Waals surface area contributed by atoms with Crippen LogP contribution < -0.4 is 5.73 Å². The maximum absolute atomic E-state index is 5.88. The van der Waals surface area contributed by atoms with Crippen LogP contribution >= 0.6 is 15.9 Å². The zero-order valence-corrected chi connectivity index (χ0v) is 13.0. The fraction of sp³-hybridized carbons (Fsp3) is 0.133. The van der Waals surface area contributed by atoms with E-state index >= 15 is 0 Å². The summed E-state index contributed by atoms with van der Waals surface area (Å²) in [6, 6.07) is 15.6. The summed E-state index contributed by atoms with van der Waals surface area (Å²) in [7, 11) is 0. The standard InChI is InChI=1S/C15H14BrN5/c1-10(17)12-7-8-14(13(16)9-12)21-19-15(18-20-21)11-5-3-2-4-6-11/h2-10H,17H2,1H3/t10-/m1/s1. The summed E-state index contributed by atoms with van der Waals surface area (Å²) < 4.78 is 0.884. The van der Waals surface area contributed by atoms with E-state index in [1.165, 1.54) is 4.80 Å². The van der Waals surface area contributed by atoms with Crippen LogP contribution in [0.25, 0.3) is 17.1 Å². The Morgan fingerprint density at radius 2 is 1.90 bits per heavy atom. The van der Waals surface area contributed by atoms with Gasteiger partial charge in [0.1, 0.15) is 5.69 Å². The van der Waals surface area contributed by atoms with E-state index in [-0.39, 0.29) is 6.04 Å². The normalized spacial score (nSPS) is 12.3. The van der Waals surface area contributed by atoms with Crippen molar-refractivity contribution in [3.63, 3.8) is 0 Å². The van der Waals surface area contributed by atoms with Crippen LogP contribution in [0.4, 0.5) is 0 Å². The lowest BCUT2D eigenvalue weighted by Crippen LogP contribution is -2.06. The Hall–Kier alpha value is -2.05. The van der Waals surface area contributed by atoms with E-state index < -0.39 is 0 Å². The SMILES string of the molecule is C[C@@H](N)c1ccc(-n2nnc(-c3ccccc3)n2)c(Br)c1. The van der Waals surface area contributed by atoms with Gasteiger partial charge in [-0.15, -0.1) is 15.0 Å². The van der Waals surface area contributed by atoms with E-state index in [1.807, 2.05) is 55.5 Å². The van der Waals surface area contributed by atoms with E-state index in [4.69, 9.17) is 5.73 Å². The monoisotopic (exact) mass is 343 g/mol. The minimum absolute atomic E-state index is 0.0149.